The van der Waals surface area contributed by atoms with Gasteiger partial charge >= 0.3 is 0 Å². The number of carbonyl (C=O) groups is 1. The second-order valence-corrected chi connectivity index (χ2v) is 7.75. The third-order valence-corrected chi connectivity index (χ3v) is 5.69. The number of fused-ring (bicyclic) bond motifs is 5. The number of pyridine rings is 1. The minimum Gasteiger partial charge on any atom is -0.502 e. The number of hydrogen-bond donors (Lipinski definition) is 1. The van der Waals surface area contributed by atoms with Gasteiger partial charge in [0.15, 0.2) is 11.4 Å². The van der Waals surface area contributed by atoms with Crippen molar-refractivity contribution in [1.29, 1.82) is 0 Å². The minimum absolute atomic E-state index is 0.0234. The highest BCUT2D eigenvalue weighted by Crippen LogP contribution is 2.37. The molecular weight excluding hydrogens is 432 g/mol. The number of halogens is 2. The molecule has 2 aromatic carbocycles. The first kappa shape index (κ1) is 20.7. The van der Waals surface area contributed by atoms with Crippen LogP contribution in [0, 0.1) is 11.6 Å². The average Bonchev–Trinajstić information content (AvgIpc) is 2.82. The van der Waals surface area contributed by atoms with E-state index < -0.39 is 34.8 Å². The van der Waals surface area contributed by atoms with Gasteiger partial charge in [-0.05, 0) is 42.0 Å². The second-order valence-electron chi connectivity index (χ2n) is 7.75. The van der Waals surface area contributed by atoms with Crippen LogP contribution in [0.5, 0.6) is 11.5 Å². The molecule has 0 unspecified atom stereocenters. The van der Waals surface area contributed by atoms with Crippen LogP contribution in [-0.4, -0.2) is 40.4 Å². The number of carbonyl (C=O) groups excluding carboxylic acids is 1. The van der Waals surface area contributed by atoms with Crippen LogP contribution >= 0.6 is 0 Å². The van der Waals surface area contributed by atoms with E-state index in [0.29, 0.717) is 16.9 Å². The Morgan fingerprint density at radius 2 is 1.82 bits per heavy atom. The molecule has 33 heavy (non-hydrogen) atoms. The topological polar surface area (TPSA) is 75.0 Å². The number of amides is 1. The summed E-state index contributed by atoms with van der Waals surface area (Å²) < 4.78 is 36.0. The molecule has 0 saturated carbocycles. The zero-order valence-corrected chi connectivity index (χ0v) is 17.3. The summed E-state index contributed by atoms with van der Waals surface area (Å²) in [6.45, 7) is 0.379. The van der Waals surface area contributed by atoms with Crippen molar-refractivity contribution in [2.24, 2.45) is 0 Å². The molecular formula is C24H19F2N3O4. The lowest BCUT2D eigenvalue weighted by Gasteiger charge is -2.43. The molecule has 2 aliphatic rings. The number of aromatic hydroxyl groups is 1. The van der Waals surface area contributed by atoms with E-state index in [9.17, 15) is 23.5 Å². The van der Waals surface area contributed by atoms with Crippen molar-refractivity contribution in [3.63, 3.8) is 0 Å². The Hall–Kier alpha value is -4.14. The molecule has 3 aromatic rings. The SMILES string of the molecule is O=C1c2c(O)c(=O)ccn2N2CN1C/C=C\COc1ccc(F)cc1[C@@H]2c1cccc(F)c1. The summed E-state index contributed by atoms with van der Waals surface area (Å²) in [4.78, 5) is 26.7. The maximum Gasteiger partial charge on any atom is 0.278 e. The summed E-state index contributed by atoms with van der Waals surface area (Å²) in [5.74, 6) is -1.85. The second kappa shape index (κ2) is 8.09. The van der Waals surface area contributed by atoms with Crippen molar-refractivity contribution in [3.8, 4) is 11.5 Å². The van der Waals surface area contributed by atoms with Gasteiger partial charge in [0.05, 0.1) is 0 Å². The predicted octanol–water partition coefficient (Wildman–Crippen LogP) is 2.92. The van der Waals surface area contributed by atoms with E-state index in [1.54, 1.807) is 23.2 Å². The van der Waals surface area contributed by atoms with Crippen molar-refractivity contribution in [1.82, 2.24) is 9.58 Å². The molecule has 0 saturated heterocycles. The summed E-state index contributed by atoms with van der Waals surface area (Å²) in [5.41, 5.74) is -0.0551. The smallest absolute Gasteiger partial charge is 0.278 e. The third-order valence-electron chi connectivity index (χ3n) is 5.69. The van der Waals surface area contributed by atoms with Gasteiger partial charge in [-0.25, -0.2) is 8.78 Å². The maximum absolute atomic E-state index is 14.4. The predicted molar refractivity (Wildman–Crippen MR) is 116 cm³/mol. The van der Waals surface area contributed by atoms with Crippen molar-refractivity contribution in [3.05, 3.63) is 106 Å². The molecule has 1 aromatic heterocycles. The number of nitrogens with zero attached hydrogens (tertiary/aromatic N) is 3. The number of hydrogen-bond acceptors (Lipinski definition) is 5. The Morgan fingerprint density at radius 3 is 2.64 bits per heavy atom. The van der Waals surface area contributed by atoms with Gasteiger partial charge in [-0.2, -0.15) is 0 Å². The molecule has 168 valence electrons. The minimum atomic E-state index is -0.819. The van der Waals surface area contributed by atoms with Crippen LogP contribution in [0.3, 0.4) is 0 Å². The molecule has 0 aliphatic carbocycles. The van der Waals surface area contributed by atoms with Crippen molar-refractivity contribution >= 4 is 5.91 Å². The molecule has 0 spiro atoms. The lowest BCUT2D eigenvalue weighted by molar-refractivity contribution is 0.0701. The van der Waals surface area contributed by atoms with E-state index in [1.165, 1.54) is 52.2 Å². The molecule has 1 atom stereocenters. The van der Waals surface area contributed by atoms with E-state index >= 15 is 0 Å². The van der Waals surface area contributed by atoms with Crippen LogP contribution < -0.4 is 15.2 Å². The van der Waals surface area contributed by atoms with Gasteiger partial charge in [0, 0.05) is 24.4 Å². The van der Waals surface area contributed by atoms with Gasteiger partial charge in [0.1, 0.15) is 36.7 Å². The molecule has 0 radical (unpaired) electrons. The number of rotatable bonds is 1. The van der Waals surface area contributed by atoms with Crippen LogP contribution in [0.1, 0.15) is 27.7 Å². The quantitative estimate of drug-likeness (QED) is 0.576. The van der Waals surface area contributed by atoms with Crippen LogP contribution in [0.2, 0.25) is 0 Å². The van der Waals surface area contributed by atoms with E-state index in [0.717, 1.165) is 6.07 Å². The molecule has 7 nitrogen and oxygen atoms in total. The number of benzene rings is 2. The first-order chi connectivity index (χ1) is 15.9. The molecule has 2 bridgehead atoms. The highest BCUT2D eigenvalue weighted by molar-refractivity contribution is 5.96. The molecule has 5 rings (SSSR count). The number of aromatic nitrogens is 1. The Bertz CT molecular complexity index is 1340. The Morgan fingerprint density at radius 1 is 1.00 bits per heavy atom. The van der Waals surface area contributed by atoms with Gasteiger partial charge in [-0.1, -0.05) is 18.2 Å². The Balaban J connectivity index is 1.82. The maximum atomic E-state index is 14.4. The Labute approximate surface area is 187 Å². The number of ether oxygens (including phenoxy) is 1. The van der Waals surface area contributed by atoms with Gasteiger partial charge in [0.25, 0.3) is 5.91 Å². The first-order valence-corrected chi connectivity index (χ1v) is 10.3. The lowest BCUT2D eigenvalue weighted by atomic mass is 9.96. The summed E-state index contributed by atoms with van der Waals surface area (Å²) in [6.07, 6.45) is 4.82. The van der Waals surface area contributed by atoms with Crippen LogP contribution in [0.15, 0.2) is 71.7 Å². The highest BCUT2D eigenvalue weighted by atomic mass is 19.1. The van der Waals surface area contributed by atoms with Crippen molar-refractivity contribution in [2.45, 2.75) is 6.04 Å². The van der Waals surface area contributed by atoms with Gasteiger partial charge in [-0.3, -0.25) is 19.3 Å². The zero-order valence-electron chi connectivity index (χ0n) is 17.3. The fourth-order valence-electron chi connectivity index (χ4n) is 4.20. The summed E-state index contributed by atoms with van der Waals surface area (Å²) in [5, 5.41) is 12.1. The van der Waals surface area contributed by atoms with Crippen LogP contribution in [-0.2, 0) is 0 Å². The summed E-state index contributed by atoms with van der Waals surface area (Å²) in [6, 6.07) is 10.2. The molecule has 1 N–H and O–H groups in total. The normalized spacial score (nSPS) is 18.6. The first-order valence-electron chi connectivity index (χ1n) is 10.3. The van der Waals surface area contributed by atoms with Crippen LogP contribution in [0.25, 0.3) is 0 Å². The largest absolute Gasteiger partial charge is 0.502 e. The monoisotopic (exact) mass is 451 g/mol. The van der Waals surface area contributed by atoms with E-state index in [4.69, 9.17) is 4.74 Å². The van der Waals surface area contributed by atoms with Gasteiger partial charge in [0.2, 0.25) is 5.43 Å². The van der Waals surface area contributed by atoms with Gasteiger partial charge in [-0.15, -0.1) is 0 Å². The fourth-order valence-corrected chi connectivity index (χ4v) is 4.20. The van der Waals surface area contributed by atoms with Crippen molar-refractivity contribution < 1.29 is 23.4 Å². The van der Waals surface area contributed by atoms with Gasteiger partial charge < -0.3 is 14.7 Å². The van der Waals surface area contributed by atoms with Crippen LogP contribution in [0.4, 0.5) is 8.78 Å². The molecule has 1 amide bonds. The molecule has 0 fully saturated rings. The van der Waals surface area contributed by atoms with E-state index in [-0.39, 0.29) is 25.5 Å². The van der Waals surface area contributed by atoms with E-state index in [1.807, 2.05) is 0 Å². The molecule has 9 heteroatoms. The molecule has 2 aliphatic heterocycles. The highest BCUT2D eigenvalue weighted by Gasteiger charge is 2.37. The van der Waals surface area contributed by atoms with Crippen molar-refractivity contribution in [2.75, 3.05) is 24.8 Å². The summed E-state index contributed by atoms with van der Waals surface area (Å²) in [7, 11) is 0. The Kier molecular flexibility index (Phi) is 5.08. The summed E-state index contributed by atoms with van der Waals surface area (Å²) >= 11 is 0. The molecule has 3 heterocycles. The fraction of sp³-hybridized carbons (Fsp3) is 0.167. The van der Waals surface area contributed by atoms with E-state index in [2.05, 4.69) is 0 Å². The standard InChI is InChI=1S/C24H19F2N3O4/c25-16-5-3-4-15(12-16)21-18-13-17(26)6-7-20(18)33-11-2-1-9-27-14-29(21)28-10-8-19(30)23(31)22(28)24(27)32/h1-8,10,12-13,21,31H,9,11,14H2/b2-1-/t21-/m0/s1. The lowest BCUT2D eigenvalue weighted by Crippen LogP contribution is -2.55. The average molecular weight is 451 g/mol. The zero-order chi connectivity index (χ0) is 23.1. The third kappa shape index (κ3) is 3.61.